The first-order chi connectivity index (χ1) is 4.12. The van der Waals surface area contributed by atoms with E-state index in [0.717, 1.165) is 0 Å². The van der Waals surface area contributed by atoms with Crippen LogP contribution in [-0.2, 0) is 10.2 Å². The minimum atomic E-state index is -3.31. The highest BCUT2D eigenvalue weighted by Gasteiger charge is 2.02. The lowest BCUT2D eigenvalue weighted by Gasteiger charge is -2.01. The van der Waals surface area contributed by atoms with Gasteiger partial charge in [-0.2, -0.15) is 13.1 Å². The minimum absolute atomic E-state index is 0.0741. The Labute approximate surface area is 54.8 Å². The average molecular weight is 153 g/mol. The van der Waals surface area contributed by atoms with Crippen LogP contribution >= 0.6 is 0 Å². The van der Waals surface area contributed by atoms with E-state index in [9.17, 15) is 8.42 Å². The van der Waals surface area contributed by atoms with Gasteiger partial charge in [0, 0.05) is 6.54 Å². The lowest BCUT2D eigenvalue weighted by Crippen LogP contribution is -2.39. The molecule has 0 aromatic rings. The largest absolute Gasteiger partial charge is 0.318 e. The fourth-order valence-corrected chi connectivity index (χ4v) is 1.05. The minimum Gasteiger partial charge on any atom is -0.318 e. The van der Waals surface area contributed by atoms with Gasteiger partial charge in [-0.05, 0) is 0 Å². The molecular weight excluding hydrogens is 142 g/mol. The Morgan fingerprint density at radius 1 is 1.44 bits per heavy atom. The third-order valence-electron chi connectivity index (χ3n) is 0.608. The topological polar surface area (TPSA) is 84.2 Å². The summed E-state index contributed by atoms with van der Waals surface area (Å²) >= 11 is 0. The monoisotopic (exact) mass is 153 g/mol. The molecule has 0 rings (SSSR count). The zero-order valence-electron chi connectivity index (χ0n) is 5.22. The Kier molecular flexibility index (Phi) is 3.71. The van der Waals surface area contributed by atoms with Gasteiger partial charge in [0.2, 0.25) is 0 Å². The van der Waals surface area contributed by atoms with Crippen molar-refractivity contribution in [2.45, 2.75) is 6.92 Å². The molecule has 0 aliphatic rings. The van der Waals surface area contributed by atoms with Gasteiger partial charge in [-0.1, -0.05) is 6.92 Å². The number of nitrogens with two attached hydrogens (primary N) is 1. The maximum atomic E-state index is 10.5. The summed E-state index contributed by atoms with van der Waals surface area (Å²) in [6.45, 7) is 1.99. The zero-order chi connectivity index (χ0) is 7.33. The second-order valence-corrected chi connectivity index (χ2v) is 2.93. The van der Waals surface area contributed by atoms with E-state index in [-0.39, 0.29) is 6.67 Å². The molecule has 0 aliphatic carbocycles. The molecule has 0 bridgehead atoms. The molecule has 0 aromatic heterocycles. The molecule has 0 saturated heterocycles. The molecule has 56 valence electrons. The third-order valence-corrected chi connectivity index (χ3v) is 1.82. The lowest BCUT2D eigenvalue weighted by atomic mass is 10.8. The van der Waals surface area contributed by atoms with Gasteiger partial charge in [0.1, 0.15) is 0 Å². The molecule has 0 radical (unpaired) electrons. The van der Waals surface area contributed by atoms with Crippen molar-refractivity contribution in [3.8, 4) is 0 Å². The standard InChI is InChI=1S/C3H11N3O2S/c1-2-5-9(7,8)6-3-4/h5-6H,2-4H2,1H3. The fraction of sp³-hybridized carbons (Fsp3) is 1.00. The van der Waals surface area contributed by atoms with E-state index in [2.05, 4.69) is 9.44 Å². The van der Waals surface area contributed by atoms with Gasteiger partial charge in [-0.25, -0.2) is 4.72 Å². The molecule has 0 fully saturated rings. The molecular formula is C3H11N3O2S. The van der Waals surface area contributed by atoms with Gasteiger partial charge in [0.05, 0.1) is 6.67 Å². The van der Waals surface area contributed by atoms with Crippen molar-refractivity contribution in [1.82, 2.24) is 9.44 Å². The Morgan fingerprint density at radius 3 is 2.33 bits per heavy atom. The molecule has 0 heterocycles. The van der Waals surface area contributed by atoms with Gasteiger partial charge in [-0.3, -0.25) is 0 Å². The molecule has 9 heavy (non-hydrogen) atoms. The highest BCUT2D eigenvalue weighted by Crippen LogP contribution is 1.69. The number of hydrogen-bond acceptors (Lipinski definition) is 3. The summed E-state index contributed by atoms with van der Waals surface area (Å²) in [5.74, 6) is 0. The summed E-state index contributed by atoms with van der Waals surface area (Å²) in [7, 11) is -3.31. The van der Waals surface area contributed by atoms with E-state index in [1.165, 1.54) is 0 Å². The van der Waals surface area contributed by atoms with Crippen molar-refractivity contribution in [3.63, 3.8) is 0 Å². The molecule has 0 aromatic carbocycles. The van der Waals surface area contributed by atoms with Crippen LogP contribution in [0.1, 0.15) is 6.92 Å². The normalized spacial score (nSPS) is 11.8. The quantitative estimate of drug-likeness (QED) is 0.423. The molecule has 0 aliphatic heterocycles. The van der Waals surface area contributed by atoms with E-state index < -0.39 is 10.2 Å². The van der Waals surface area contributed by atoms with E-state index in [1.807, 2.05) is 0 Å². The number of hydrogen-bond donors (Lipinski definition) is 3. The molecule has 0 unspecified atom stereocenters. The van der Waals surface area contributed by atoms with Gasteiger partial charge in [-0.15, -0.1) is 0 Å². The Bertz CT molecular complexity index is 140. The summed E-state index contributed by atoms with van der Waals surface area (Å²) < 4.78 is 25.3. The summed E-state index contributed by atoms with van der Waals surface area (Å²) in [6.07, 6.45) is 0. The summed E-state index contributed by atoms with van der Waals surface area (Å²) in [6, 6.07) is 0. The SMILES string of the molecule is CCNS(=O)(=O)NCN. The molecule has 0 saturated carbocycles. The van der Waals surface area contributed by atoms with Gasteiger partial charge >= 0.3 is 0 Å². The van der Waals surface area contributed by atoms with Gasteiger partial charge < -0.3 is 5.73 Å². The smallest absolute Gasteiger partial charge is 0.278 e. The highest BCUT2D eigenvalue weighted by molar-refractivity contribution is 7.87. The molecule has 4 N–H and O–H groups in total. The van der Waals surface area contributed by atoms with Crippen molar-refractivity contribution in [2.24, 2.45) is 5.73 Å². The van der Waals surface area contributed by atoms with E-state index >= 15 is 0 Å². The first-order valence-electron chi connectivity index (χ1n) is 2.56. The average Bonchev–Trinajstić information content (AvgIpc) is 1.64. The molecule has 5 nitrogen and oxygen atoms in total. The van der Waals surface area contributed by atoms with E-state index in [4.69, 9.17) is 5.73 Å². The summed E-state index contributed by atoms with van der Waals surface area (Å²) in [5.41, 5.74) is 4.91. The maximum absolute atomic E-state index is 10.5. The van der Waals surface area contributed by atoms with Crippen molar-refractivity contribution in [3.05, 3.63) is 0 Å². The molecule has 0 amide bonds. The number of rotatable bonds is 4. The lowest BCUT2D eigenvalue weighted by molar-refractivity contribution is 0.570. The van der Waals surface area contributed by atoms with Crippen LogP contribution in [0.15, 0.2) is 0 Å². The predicted molar refractivity (Wildman–Crippen MR) is 34.8 cm³/mol. The van der Waals surface area contributed by atoms with Gasteiger partial charge in [0.15, 0.2) is 0 Å². The third kappa shape index (κ3) is 4.34. The molecule has 6 heteroatoms. The van der Waals surface area contributed by atoms with Crippen LogP contribution in [0.5, 0.6) is 0 Å². The fourth-order valence-electron chi connectivity index (χ4n) is 0.351. The zero-order valence-corrected chi connectivity index (χ0v) is 6.03. The Morgan fingerprint density at radius 2 is 2.00 bits per heavy atom. The van der Waals surface area contributed by atoms with Crippen LogP contribution in [0.3, 0.4) is 0 Å². The van der Waals surface area contributed by atoms with Crippen LogP contribution < -0.4 is 15.2 Å². The van der Waals surface area contributed by atoms with Crippen LogP contribution in [0.4, 0.5) is 0 Å². The predicted octanol–water partition coefficient (Wildman–Crippen LogP) is -1.65. The first-order valence-corrected chi connectivity index (χ1v) is 4.05. The van der Waals surface area contributed by atoms with Crippen LogP contribution in [-0.4, -0.2) is 21.6 Å². The van der Waals surface area contributed by atoms with E-state index in [0.29, 0.717) is 6.54 Å². The molecule has 0 spiro atoms. The Hall–Kier alpha value is -0.170. The Balaban J connectivity index is 3.73. The van der Waals surface area contributed by atoms with Crippen molar-refractivity contribution < 1.29 is 8.42 Å². The highest BCUT2D eigenvalue weighted by atomic mass is 32.2. The summed E-state index contributed by atoms with van der Waals surface area (Å²) in [4.78, 5) is 0. The second-order valence-electron chi connectivity index (χ2n) is 1.35. The van der Waals surface area contributed by atoms with Crippen LogP contribution in [0.25, 0.3) is 0 Å². The van der Waals surface area contributed by atoms with Crippen LogP contribution in [0.2, 0.25) is 0 Å². The summed E-state index contributed by atoms with van der Waals surface area (Å²) in [5, 5.41) is 0. The van der Waals surface area contributed by atoms with Crippen molar-refractivity contribution in [1.29, 1.82) is 0 Å². The van der Waals surface area contributed by atoms with Crippen molar-refractivity contribution >= 4 is 10.2 Å². The maximum Gasteiger partial charge on any atom is 0.278 e. The van der Waals surface area contributed by atoms with Crippen molar-refractivity contribution in [2.75, 3.05) is 13.2 Å². The van der Waals surface area contributed by atoms with Gasteiger partial charge in [0.25, 0.3) is 10.2 Å². The number of nitrogens with one attached hydrogen (secondary N) is 2. The first kappa shape index (κ1) is 8.83. The molecule has 0 atom stereocenters. The van der Waals surface area contributed by atoms with Crippen LogP contribution in [0, 0.1) is 0 Å². The second kappa shape index (κ2) is 3.78. The van der Waals surface area contributed by atoms with E-state index in [1.54, 1.807) is 6.92 Å².